The minimum atomic E-state index is -0.444. The summed E-state index contributed by atoms with van der Waals surface area (Å²) in [5.41, 5.74) is 4.92. The van der Waals surface area contributed by atoms with Gasteiger partial charge >= 0.3 is 6.03 Å². The van der Waals surface area contributed by atoms with Gasteiger partial charge in [0.05, 0.1) is 5.69 Å². The fourth-order valence-electron chi connectivity index (χ4n) is 2.55. The molecule has 0 radical (unpaired) electrons. The highest BCUT2D eigenvalue weighted by atomic mass is 79.9. The van der Waals surface area contributed by atoms with Crippen LogP contribution in [-0.4, -0.2) is 11.7 Å². The number of nitrogens with one attached hydrogen (secondary N) is 2. The van der Waals surface area contributed by atoms with Gasteiger partial charge in [-0.3, -0.25) is 0 Å². The molecule has 0 bridgehead atoms. The Balaban J connectivity index is 1.68. The van der Waals surface area contributed by atoms with Gasteiger partial charge in [-0.25, -0.2) is 15.2 Å². The number of hydrogen-bond acceptors (Lipinski definition) is 2. The van der Waals surface area contributed by atoms with E-state index < -0.39 is 5.66 Å². The van der Waals surface area contributed by atoms with Gasteiger partial charge in [0.15, 0.2) is 0 Å². The fraction of sp³-hybridized carbons (Fsp3) is 0.235. The summed E-state index contributed by atoms with van der Waals surface area (Å²) in [5, 5.41) is 4.59. The maximum Gasteiger partial charge on any atom is 0.338 e. The van der Waals surface area contributed by atoms with Crippen LogP contribution in [0.5, 0.6) is 0 Å². The summed E-state index contributed by atoms with van der Waals surface area (Å²) < 4.78 is 0.989. The second-order valence-corrected chi connectivity index (χ2v) is 6.59. The Morgan fingerprint density at radius 1 is 1.09 bits per heavy atom. The number of rotatable bonds is 4. The highest BCUT2D eigenvalue weighted by Crippen LogP contribution is 2.23. The number of nitrogens with zero attached hydrogens (tertiary/aromatic N) is 1. The maximum absolute atomic E-state index is 12.2. The second kappa shape index (κ2) is 6.10. The van der Waals surface area contributed by atoms with E-state index in [1.807, 2.05) is 49.4 Å². The summed E-state index contributed by atoms with van der Waals surface area (Å²) in [7, 11) is 0. The lowest BCUT2D eigenvalue weighted by Crippen LogP contribution is -2.48. The number of aryl methyl sites for hydroxylation is 1. The van der Waals surface area contributed by atoms with Crippen LogP contribution in [0.4, 0.5) is 10.5 Å². The van der Waals surface area contributed by atoms with Gasteiger partial charge in [0, 0.05) is 4.47 Å². The molecule has 1 aliphatic heterocycles. The molecule has 3 rings (SSSR count). The van der Waals surface area contributed by atoms with Crippen LogP contribution in [0.2, 0.25) is 0 Å². The number of hydrazine groups is 1. The lowest BCUT2D eigenvalue weighted by molar-refractivity contribution is 0.246. The molecule has 1 fully saturated rings. The third-order valence-electron chi connectivity index (χ3n) is 3.79. The summed E-state index contributed by atoms with van der Waals surface area (Å²) in [6, 6.07) is 17.8. The summed E-state index contributed by atoms with van der Waals surface area (Å²) in [5.74, 6) is 0. The molecule has 0 aromatic heterocycles. The first-order valence-corrected chi connectivity index (χ1v) is 8.05. The predicted octanol–water partition coefficient (Wildman–Crippen LogP) is 3.83. The average Bonchev–Trinajstić information content (AvgIpc) is 2.83. The third-order valence-corrected chi connectivity index (χ3v) is 4.31. The molecule has 0 aliphatic carbocycles. The number of carbonyl (C=O) groups excluding carboxylic acids is 1. The van der Waals surface area contributed by atoms with Gasteiger partial charge < -0.3 is 5.32 Å². The molecule has 114 valence electrons. The molecule has 5 heteroatoms. The van der Waals surface area contributed by atoms with E-state index in [1.165, 1.54) is 5.56 Å². The molecule has 0 unspecified atom stereocenters. The summed E-state index contributed by atoms with van der Waals surface area (Å²) >= 11 is 3.40. The quantitative estimate of drug-likeness (QED) is 0.870. The first kappa shape index (κ1) is 15.1. The van der Waals surface area contributed by atoms with Gasteiger partial charge in [0.2, 0.25) is 0 Å². The second-order valence-electron chi connectivity index (χ2n) is 5.67. The molecule has 1 saturated heterocycles. The van der Waals surface area contributed by atoms with Crippen molar-refractivity contribution in [2.45, 2.75) is 25.4 Å². The van der Waals surface area contributed by atoms with Crippen LogP contribution >= 0.6 is 15.9 Å². The van der Waals surface area contributed by atoms with Gasteiger partial charge in [-0.15, -0.1) is 0 Å². The highest BCUT2D eigenvalue weighted by molar-refractivity contribution is 9.10. The van der Waals surface area contributed by atoms with E-state index in [4.69, 9.17) is 0 Å². The minimum Gasteiger partial charge on any atom is -0.317 e. The lowest BCUT2D eigenvalue weighted by atomic mass is 10.0. The standard InChI is InChI=1S/C17H18BrN3O/c1-17(12-11-13-5-3-2-4-6-13)19-16(22)21(20-17)15-9-7-14(18)8-10-15/h2-10,20H,11-12H2,1H3,(H,19,22)/t17-/m1/s1. The van der Waals surface area contributed by atoms with E-state index >= 15 is 0 Å². The Morgan fingerprint density at radius 3 is 2.45 bits per heavy atom. The fourth-order valence-corrected chi connectivity index (χ4v) is 2.81. The van der Waals surface area contributed by atoms with Crippen molar-refractivity contribution < 1.29 is 4.79 Å². The lowest BCUT2D eigenvalue weighted by Gasteiger charge is -2.25. The molecular formula is C17H18BrN3O. The third kappa shape index (κ3) is 3.31. The van der Waals surface area contributed by atoms with Crippen molar-refractivity contribution in [2.24, 2.45) is 0 Å². The van der Waals surface area contributed by atoms with E-state index in [2.05, 4.69) is 38.8 Å². The minimum absolute atomic E-state index is 0.127. The number of anilines is 1. The van der Waals surface area contributed by atoms with Crippen LogP contribution in [0.3, 0.4) is 0 Å². The summed E-state index contributed by atoms with van der Waals surface area (Å²) in [6.07, 6.45) is 1.72. The van der Waals surface area contributed by atoms with E-state index in [0.717, 1.165) is 23.0 Å². The van der Waals surface area contributed by atoms with E-state index in [1.54, 1.807) is 5.01 Å². The van der Waals surface area contributed by atoms with Crippen LogP contribution < -0.4 is 15.8 Å². The zero-order valence-electron chi connectivity index (χ0n) is 12.3. The Labute approximate surface area is 138 Å². The van der Waals surface area contributed by atoms with Gasteiger partial charge in [0.25, 0.3) is 0 Å². The van der Waals surface area contributed by atoms with Crippen molar-refractivity contribution in [3.8, 4) is 0 Å². The highest BCUT2D eigenvalue weighted by Gasteiger charge is 2.38. The van der Waals surface area contributed by atoms with Crippen molar-refractivity contribution in [3.05, 3.63) is 64.6 Å². The number of urea groups is 1. The van der Waals surface area contributed by atoms with E-state index in [0.29, 0.717) is 0 Å². The van der Waals surface area contributed by atoms with Gasteiger partial charge in [-0.2, -0.15) is 0 Å². The topological polar surface area (TPSA) is 44.4 Å². The van der Waals surface area contributed by atoms with Crippen LogP contribution in [0.1, 0.15) is 18.9 Å². The normalized spacial score (nSPS) is 21.0. The molecule has 4 nitrogen and oxygen atoms in total. The first-order valence-electron chi connectivity index (χ1n) is 7.25. The molecule has 0 spiro atoms. The van der Waals surface area contributed by atoms with E-state index in [9.17, 15) is 4.79 Å². The number of amides is 2. The Kier molecular flexibility index (Phi) is 4.18. The summed E-state index contributed by atoms with van der Waals surface area (Å²) in [4.78, 5) is 12.2. The zero-order valence-corrected chi connectivity index (χ0v) is 13.9. The number of halogens is 1. The van der Waals surface area contributed by atoms with Crippen LogP contribution in [-0.2, 0) is 6.42 Å². The van der Waals surface area contributed by atoms with Gasteiger partial charge in [0.1, 0.15) is 5.66 Å². The smallest absolute Gasteiger partial charge is 0.317 e. The molecule has 2 N–H and O–H groups in total. The molecular weight excluding hydrogens is 342 g/mol. The van der Waals surface area contributed by atoms with E-state index in [-0.39, 0.29) is 6.03 Å². The SMILES string of the molecule is C[C@@]1(CCc2ccccc2)NC(=O)N(c2ccc(Br)cc2)N1. The number of benzene rings is 2. The largest absolute Gasteiger partial charge is 0.338 e. The Bertz CT molecular complexity index is 659. The number of hydrogen-bond donors (Lipinski definition) is 2. The van der Waals surface area contributed by atoms with Crippen LogP contribution in [0.15, 0.2) is 59.1 Å². The van der Waals surface area contributed by atoms with Gasteiger partial charge in [-0.1, -0.05) is 46.3 Å². The Morgan fingerprint density at radius 2 is 1.77 bits per heavy atom. The monoisotopic (exact) mass is 359 g/mol. The number of carbonyl (C=O) groups is 1. The first-order chi connectivity index (χ1) is 10.6. The van der Waals surface area contributed by atoms with Crippen molar-refractivity contribution in [1.29, 1.82) is 0 Å². The average molecular weight is 360 g/mol. The zero-order chi connectivity index (χ0) is 15.6. The molecule has 2 amide bonds. The molecule has 22 heavy (non-hydrogen) atoms. The molecule has 2 aromatic carbocycles. The van der Waals surface area contributed by atoms with Crippen molar-refractivity contribution in [2.75, 3.05) is 5.01 Å². The van der Waals surface area contributed by atoms with Crippen LogP contribution in [0.25, 0.3) is 0 Å². The Hall–Kier alpha value is -1.85. The molecule has 1 heterocycles. The van der Waals surface area contributed by atoms with Crippen molar-refractivity contribution >= 4 is 27.6 Å². The van der Waals surface area contributed by atoms with Crippen molar-refractivity contribution in [3.63, 3.8) is 0 Å². The molecule has 2 aromatic rings. The summed E-state index contributed by atoms with van der Waals surface area (Å²) in [6.45, 7) is 2.01. The maximum atomic E-state index is 12.2. The molecule has 0 saturated carbocycles. The molecule has 1 aliphatic rings. The van der Waals surface area contributed by atoms with Gasteiger partial charge in [-0.05, 0) is 49.6 Å². The predicted molar refractivity (Wildman–Crippen MR) is 91.5 cm³/mol. The van der Waals surface area contributed by atoms with Crippen molar-refractivity contribution in [1.82, 2.24) is 10.7 Å². The van der Waals surface area contributed by atoms with Crippen LogP contribution in [0, 0.1) is 0 Å². The molecule has 1 atom stereocenters.